The molecule has 0 radical (unpaired) electrons. The highest BCUT2D eigenvalue weighted by atomic mass is 16.6. The average molecular weight is 491 g/mol. The Balaban J connectivity index is 3.45. The van der Waals surface area contributed by atoms with Crippen molar-refractivity contribution < 1.29 is 23.9 Å². The zero-order valence-electron chi connectivity index (χ0n) is 22.1. The summed E-state index contributed by atoms with van der Waals surface area (Å²) < 4.78 is 5.28. The maximum Gasteiger partial charge on any atom is 0.408 e. The van der Waals surface area contributed by atoms with Crippen LogP contribution in [0.5, 0.6) is 0 Å². The second-order valence-electron chi connectivity index (χ2n) is 10.1. The van der Waals surface area contributed by atoms with Gasteiger partial charge in [0.05, 0.1) is 6.42 Å². The van der Waals surface area contributed by atoms with Gasteiger partial charge in [-0.3, -0.25) is 14.4 Å². The summed E-state index contributed by atoms with van der Waals surface area (Å²) in [7, 11) is 0. The summed E-state index contributed by atoms with van der Waals surface area (Å²) in [6.45, 7) is 13.0. The number of hydrogen-bond acceptors (Lipinski definition) is 5. The lowest BCUT2D eigenvalue weighted by atomic mass is 10.00. The van der Waals surface area contributed by atoms with Crippen molar-refractivity contribution >= 4 is 23.8 Å². The fraction of sp³-hybridized carbons (Fsp3) is 0.615. The number of benzene rings is 1. The molecule has 9 heteroatoms. The van der Waals surface area contributed by atoms with Crippen LogP contribution >= 0.6 is 0 Å². The van der Waals surface area contributed by atoms with Crippen LogP contribution < -0.4 is 16.4 Å². The number of amides is 4. The molecule has 0 fully saturated rings. The Hall–Kier alpha value is -3.10. The molecular weight excluding hydrogens is 448 g/mol. The lowest BCUT2D eigenvalue weighted by molar-refractivity contribution is -0.143. The maximum atomic E-state index is 13.8. The highest BCUT2D eigenvalue weighted by Crippen LogP contribution is 2.25. The summed E-state index contributed by atoms with van der Waals surface area (Å²) >= 11 is 0. The smallest absolute Gasteiger partial charge is 0.408 e. The number of unbranched alkanes of at least 4 members (excludes halogenated alkanes) is 2. The molecule has 196 valence electrons. The predicted octanol–water partition coefficient (Wildman–Crippen LogP) is 3.35. The molecule has 0 saturated carbocycles. The van der Waals surface area contributed by atoms with Gasteiger partial charge in [0.2, 0.25) is 17.7 Å². The van der Waals surface area contributed by atoms with Gasteiger partial charge >= 0.3 is 6.09 Å². The van der Waals surface area contributed by atoms with Gasteiger partial charge in [0.25, 0.3) is 0 Å². The van der Waals surface area contributed by atoms with Crippen LogP contribution in [0.2, 0.25) is 0 Å². The first-order valence-corrected chi connectivity index (χ1v) is 12.2. The van der Waals surface area contributed by atoms with Gasteiger partial charge in [-0.1, -0.05) is 49.6 Å². The molecule has 0 spiro atoms. The molecule has 1 aromatic rings. The van der Waals surface area contributed by atoms with Gasteiger partial charge in [-0.25, -0.2) is 4.79 Å². The van der Waals surface area contributed by atoms with Gasteiger partial charge in [-0.2, -0.15) is 0 Å². The van der Waals surface area contributed by atoms with Crippen LogP contribution in [0.4, 0.5) is 4.79 Å². The number of primary amides is 1. The summed E-state index contributed by atoms with van der Waals surface area (Å²) in [6, 6.07) is 5.00. The molecule has 9 nitrogen and oxygen atoms in total. The van der Waals surface area contributed by atoms with E-state index in [1.165, 1.54) is 4.90 Å². The topological polar surface area (TPSA) is 131 Å². The monoisotopic (exact) mass is 490 g/mol. The molecule has 2 atom stereocenters. The Bertz CT molecular complexity index is 861. The van der Waals surface area contributed by atoms with Crippen LogP contribution in [-0.4, -0.2) is 52.9 Å². The Kier molecular flexibility index (Phi) is 11.7. The Morgan fingerprint density at radius 1 is 1.03 bits per heavy atom. The molecule has 1 aromatic carbocycles. The number of hydrogen-bond donors (Lipinski definition) is 3. The van der Waals surface area contributed by atoms with Crippen molar-refractivity contribution in [1.29, 1.82) is 0 Å². The van der Waals surface area contributed by atoms with Crippen molar-refractivity contribution in [3.8, 4) is 0 Å². The summed E-state index contributed by atoms with van der Waals surface area (Å²) in [6.07, 6.45) is 1.14. The quantitative estimate of drug-likeness (QED) is 0.387. The molecule has 35 heavy (non-hydrogen) atoms. The zero-order chi connectivity index (χ0) is 26.8. The molecule has 4 N–H and O–H groups in total. The molecule has 2 unspecified atom stereocenters. The van der Waals surface area contributed by atoms with Crippen molar-refractivity contribution in [1.82, 2.24) is 15.5 Å². The number of aryl methyl sites for hydroxylation is 1. The molecule has 0 bridgehead atoms. The number of carbonyl (C=O) groups is 4. The van der Waals surface area contributed by atoms with E-state index >= 15 is 0 Å². The lowest BCUT2D eigenvalue weighted by Gasteiger charge is -2.34. The molecule has 0 aliphatic carbocycles. The summed E-state index contributed by atoms with van der Waals surface area (Å²) in [5.74, 6) is -1.68. The van der Waals surface area contributed by atoms with Gasteiger partial charge in [0, 0.05) is 12.6 Å². The van der Waals surface area contributed by atoms with Crippen molar-refractivity contribution in [3.05, 3.63) is 35.4 Å². The number of nitrogens with zero attached hydrogens (tertiary/aromatic N) is 1. The van der Waals surface area contributed by atoms with Gasteiger partial charge < -0.3 is 26.0 Å². The fourth-order valence-corrected chi connectivity index (χ4v) is 3.53. The molecule has 0 aliphatic rings. The van der Waals surface area contributed by atoms with E-state index in [0.29, 0.717) is 12.0 Å². The van der Waals surface area contributed by atoms with Crippen molar-refractivity contribution in [2.45, 2.75) is 97.9 Å². The second-order valence-corrected chi connectivity index (χ2v) is 10.1. The van der Waals surface area contributed by atoms with Gasteiger partial charge in [-0.05, 0) is 53.5 Å². The highest BCUT2D eigenvalue weighted by Gasteiger charge is 2.36. The summed E-state index contributed by atoms with van der Waals surface area (Å²) in [4.78, 5) is 52.9. The Morgan fingerprint density at radius 2 is 1.63 bits per heavy atom. The van der Waals surface area contributed by atoms with E-state index in [0.717, 1.165) is 18.4 Å². The van der Waals surface area contributed by atoms with E-state index in [1.54, 1.807) is 20.8 Å². The first kappa shape index (κ1) is 29.9. The van der Waals surface area contributed by atoms with Gasteiger partial charge in [-0.15, -0.1) is 0 Å². The van der Waals surface area contributed by atoms with E-state index in [1.807, 2.05) is 52.0 Å². The third kappa shape index (κ3) is 10.8. The SMILES string of the molecule is CCCCCN(C(=O)C(CC(N)=O)NC(=O)OC(C)(C)C)C(C(=O)NC(C)C)c1ccc(C)cc1. The lowest BCUT2D eigenvalue weighted by Crippen LogP contribution is -2.54. The van der Waals surface area contributed by atoms with Crippen LogP contribution in [-0.2, 0) is 19.1 Å². The number of carbonyl (C=O) groups excluding carboxylic acids is 4. The molecule has 0 aromatic heterocycles. The minimum absolute atomic E-state index is 0.149. The second kappa shape index (κ2) is 13.7. The van der Waals surface area contributed by atoms with E-state index in [-0.39, 0.29) is 18.5 Å². The standard InChI is InChI=1S/C26H42N4O5/c1-8-9-10-15-30(22(23(32)28-17(2)3)19-13-11-18(4)12-14-19)24(33)20(16-21(27)31)29-25(34)35-26(5,6)7/h11-14,17,20,22H,8-10,15-16H2,1-7H3,(H2,27,31)(H,28,32)(H,29,34). The molecule has 4 amide bonds. The molecule has 0 heterocycles. The van der Waals surface area contributed by atoms with Gasteiger partial charge in [0.1, 0.15) is 17.7 Å². The van der Waals surface area contributed by atoms with E-state index in [4.69, 9.17) is 10.5 Å². The average Bonchev–Trinajstić information content (AvgIpc) is 2.71. The molecule has 0 aliphatic heterocycles. The van der Waals surface area contributed by atoms with E-state index in [2.05, 4.69) is 10.6 Å². The first-order chi connectivity index (χ1) is 16.2. The Labute approximate surface area is 209 Å². The first-order valence-electron chi connectivity index (χ1n) is 12.2. The normalized spacial score (nSPS) is 13.0. The highest BCUT2D eigenvalue weighted by molar-refractivity contribution is 5.94. The van der Waals surface area contributed by atoms with Crippen molar-refractivity contribution in [2.24, 2.45) is 5.73 Å². The number of nitrogens with one attached hydrogen (secondary N) is 2. The van der Waals surface area contributed by atoms with Crippen LogP contribution in [0.15, 0.2) is 24.3 Å². The number of alkyl carbamates (subject to hydrolysis) is 1. The number of nitrogens with two attached hydrogens (primary N) is 1. The van der Waals surface area contributed by atoms with Crippen LogP contribution in [0.3, 0.4) is 0 Å². The number of ether oxygens (including phenoxy) is 1. The third-order valence-corrected chi connectivity index (χ3v) is 5.06. The molecule has 0 saturated heterocycles. The largest absolute Gasteiger partial charge is 0.444 e. The summed E-state index contributed by atoms with van der Waals surface area (Å²) in [5, 5.41) is 5.38. The van der Waals surface area contributed by atoms with Crippen molar-refractivity contribution in [3.63, 3.8) is 0 Å². The molecular formula is C26H42N4O5. The van der Waals surface area contributed by atoms with Crippen LogP contribution in [0, 0.1) is 6.92 Å². The minimum Gasteiger partial charge on any atom is -0.444 e. The fourth-order valence-electron chi connectivity index (χ4n) is 3.53. The minimum atomic E-state index is -1.27. The van der Waals surface area contributed by atoms with E-state index < -0.39 is 42.0 Å². The third-order valence-electron chi connectivity index (χ3n) is 5.06. The Morgan fingerprint density at radius 3 is 2.11 bits per heavy atom. The predicted molar refractivity (Wildman–Crippen MR) is 135 cm³/mol. The van der Waals surface area contributed by atoms with Crippen LogP contribution in [0.25, 0.3) is 0 Å². The zero-order valence-corrected chi connectivity index (χ0v) is 22.1. The van der Waals surface area contributed by atoms with Crippen molar-refractivity contribution in [2.75, 3.05) is 6.54 Å². The summed E-state index contributed by atoms with van der Waals surface area (Å²) in [5.41, 5.74) is 6.25. The molecule has 1 rings (SSSR count). The maximum absolute atomic E-state index is 13.8. The number of rotatable bonds is 12. The van der Waals surface area contributed by atoms with Crippen LogP contribution in [0.1, 0.15) is 84.4 Å². The van der Waals surface area contributed by atoms with E-state index in [9.17, 15) is 19.2 Å². The van der Waals surface area contributed by atoms with Gasteiger partial charge in [0.15, 0.2) is 0 Å².